The summed E-state index contributed by atoms with van der Waals surface area (Å²) in [6.07, 6.45) is 0. The molecule has 1 aromatic heterocycles. The molecule has 0 aliphatic carbocycles. The Hall–Kier alpha value is -1.57. The van der Waals surface area contributed by atoms with Gasteiger partial charge in [0, 0.05) is 13.1 Å². The van der Waals surface area contributed by atoms with Crippen LogP contribution in [-0.2, 0) is 11.8 Å². The van der Waals surface area contributed by atoms with E-state index in [1.54, 1.807) is 11.5 Å². The average Bonchev–Trinajstić information content (AvgIpc) is 2.59. The molecule has 19 heavy (non-hydrogen) atoms. The maximum atomic E-state index is 11.8. The fourth-order valence-electron chi connectivity index (χ4n) is 1.21. The normalized spacial score (nSPS) is 12.3. The van der Waals surface area contributed by atoms with Crippen molar-refractivity contribution in [2.75, 3.05) is 0 Å². The fraction of sp³-hybridized carbons (Fsp3) is 0.636. The minimum absolute atomic E-state index is 0.0165. The van der Waals surface area contributed by atoms with Crippen molar-refractivity contribution in [1.82, 2.24) is 25.4 Å². The molecule has 1 atom stereocenters. The van der Waals surface area contributed by atoms with Crippen LogP contribution in [0.15, 0.2) is 5.16 Å². The predicted molar refractivity (Wildman–Crippen MR) is 72.9 cm³/mol. The molecule has 0 spiro atoms. The largest absolute Gasteiger partial charge is 0.336 e. The fourth-order valence-corrected chi connectivity index (χ4v) is 2.07. The third-order valence-corrected chi connectivity index (χ3v) is 3.49. The zero-order chi connectivity index (χ0) is 14.6. The van der Waals surface area contributed by atoms with E-state index in [1.165, 1.54) is 11.8 Å². The maximum absolute atomic E-state index is 11.8. The van der Waals surface area contributed by atoms with Crippen molar-refractivity contribution in [3.05, 3.63) is 5.82 Å². The predicted octanol–water partition coefficient (Wildman–Crippen LogP) is 0.838. The molecule has 0 aromatic carbocycles. The van der Waals surface area contributed by atoms with E-state index in [0.29, 0.717) is 5.16 Å². The number of aromatic nitrogens is 3. The number of amides is 3. The summed E-state index contributed by atoms with van der Waals surface area (Å²) < 4.78 is 1.79. The highest BCUT2D eigenvalue weighted by Crippen LogP contribution is 2.20. The lowest BCUT2D eigenvalue weighted by Gasteiger charge is -2.12. The lowest BCUT2D eigenvalue weighted by molar-refractivity contribution is -0.119. The number of carbonyl (C=O) groups is 2. The van der Waals surface area contributed by atoms with Gasteiger partial charge in [-0.25, -0.2) is 4.79 Å². The van der Waals surface area contributed by atoms with E-state index in [9.17, 15) is 9.59 Å². The number of thioether (sulfide) groups is 1. The van der Waals surface area contributed by atoms with Crippen LogP contribution in [0.2, 0.25) is 0 Å². The molecule has 3 amide bonds. The second-order valence-corrected chi connectivity index (χ2v) is 5.77. The van der Waals surface area contributed by atoms with Gasteiger partial charge in [0.2, 0.25) is 5.91 Å². The van der Waals surface area contributed by atoms with Crippen molar-refractivity contribution in [1.29, 1.82) is 0 Å². The zero-order valence-corrected chi connectivity index (χ0v) is 12.5. The molecule has 0 unspecified atom stereocenters. The van der Waals surface area contributed by atoms with Crippen molar-refractivity contribution >= 4 is 23.7 Å². The van der Waals surface area contributed by atoms with Crippen LogP contribution >= 0.6 is 11.8 Å². The van der Waals surface area contributed by atoms with Gasteiger partial charge in [0.05, 0.1) is 5.25 Å². The Bertz CT molecular complexity index is 472. The number of hydrogen-bond donors (Lipinski definition) is 2. The SMILES string of the molecule is Cc1nnc(S[C@H](C)C(=O)NC(=O)NC(C)C)n1C. The zero-order valence-electron chi connectivity index (χ0n) is 11.7. The van der Waals surface area contributed by atoms with Crippen molar-refractivity contribution in [3.63, 3.8) is 0 Å². The van der Waals surface area contributed by atoms with Gasteiger partial charge in [-0.1, -0.05) is 11.8 Å². The Kier molecular flexibility index (Phi) is 5.34. The Balaban J connectivity index is 2.54. The highest BCUT2D eigenvalue weighted by Gasteiger charge is 2.20. The molecule has 1 rings (SSSR count). The topological polar surface area (TPSA) is 88.9 Å². The van der Waals surface area contributed by atoms with E-state index < -0.39 is 11.3 Å². The number of nitrogens with zero attached hydrogens (tertiary/aromatic N) is 3. The van der Waals surface area contributed by atoms with E-state index >= 15 is 0 Å². The first-order valence-electron chi connectivity index (χ1n) is 5.95. The second-order valence-electron chi connectivity index (χ2n) is 4.47. The monoisotopic (exact) mass is 285 g/mol. The molecule has 8 heteroatoms. The quantitative estimate of drug-likeness (QED) is 0.800. The van der Waals surface area contributed by atoms with Crippen LogP contribution in [0.1, 0.15) is 26.6 Å². The number of aryl methyl sites for hydroxylation is 1. The van der Waals surface area contributed by atoms with Crippen LogP contribution in [0.5, 0.6) is 0 Å². The third kappa shape index (κ3) is 4.55. The standard InChI is InChI=1S/C11H19N5O2S/c1-6(2)12-10(18)13-9(17)7(3)19-11-15-14-8(4)16(11)5/h6-7H,1-5H3,(H2,12,13,17,18)/t7-/m1/s1. The van der Waals surface area contributed by atoms with Crippen LogP contribution < -0.4 is 10.6 Å². The Morgan fingerprint density at radius 3 is 2.37 bits per heavy atom. The van der Waals surface area contributed by atoms with Gasteiger partial charge >= 0.3 is 6.03 Å². The van der Waals surface area contributed by atoms with Crippen molar-refractivity contribution in [2.24, 2.45) is 7.05 Å². The number of nitrogens with one attached hydrogen (secondary N) is 2. The summed E-state index contributed by atoms with van der Waals surface area (Å²) in [4.78, 5) is 23.2. The van der Waals surface area contributed by atoms with Crippen LogP contribution in [0.3, 0.4) is 0 Å². The molecular formula is C11H19N5O2S. The van der Waals surface area contributed by atoms with Crippen molar-refractivity contribution < 1.29 is 9.59 Å². The third-order valence-electron chi connectivity index (χ3n) is 2.36. The minimum atomic E-state index is -0.485. The number of urea groups is 1. The average molecular weight is 285 g/mol. The molecule has 0 saturated carbocycles. The van der Waals surface area contributed by atoms with Gasteiger partial charge < -0.3 is 9.88 Å². The molecule has 0 radical (unpaired) electrons. The summed E-state index contributed by atoms with van der Waals surface area (Å²) in [6.45, 7) is 7.19. The van der Waals surface area contributed by atoms with Crippen LogP contribution in [0.4, 0.5) is 4.79 Å². The summed E-state index contributed by atoms with van der Waals surface area (Å²) in [6, 6.07) is -0.501. The van der Waals surface area contributed by atoms with E-state index in [2.05, 4.69) is 20.8 Å². The molecule has 106 valence electrons. The van der Waals surface area contributed by atoms with Crippen LogP contribution in [0.25, 0.3) is 0 Å². The number of hydrogen-bond acceptors (Lipinski definition) is 5. The Morgan fingerprint density at radius 2 is 1.89 bits per heavy atom. The van der Waals surface area contributed by atoms with E-state index in [-0.39, 0.29) is 11.9 Å². The molecule has 0 fully saturated rings. The first-order chi connectivity index (χ1) is 8.81. The summed E-state index contributed by atoms with van der Waals surface area (Å²) in [7, 11) is 1.83. The summed E-state index contributed by atoms with van der Waals surface area (Å²) in [5.41, 5.74) is 0. The van der Waals surface area contributed by atoms with Gasteiger partial charge in [0.1, 0.15) is 5.82 Å². The van der Waals surface area contributed by atoms with Gasteiger partial charge in [-0.2, -0.15) is 0 Å². The molecule has 1 aromatic rings. The summed E-state index contributed by atoms with van der Waals surface area (Å²) in [5, 5.41) is 13.0. The highest BCUT2D eigenvalue weighted by atomic mass is 32.2. The molecule has 0 aliphatic heterocycles. The lowest BCUT2D eigenvalue weighted by atomic mass is 10.4. The molecule has 2 N–H and O–H groups in total. The first kappa shape index (κ1) is 15.5. The molecular weight excluding hydrogens is 266 g/mol. The number of rotatable bonds is 4. The lowest BCUT2D eigenvalue weighted by Crippen LogP contribution is -2.45. The molecule has 0 aliphatic rings. The van der Waals surface area contributed by atoms with Gasteiger partial charge in [0.25, 0.3) is 0 Å². The second kappa shape index (κ2) is 6.55. The van der Waals surface area contributed by atoms with Crippen molar-refractivity contribution in [2.45, 2.75) is 44.1 Å². The van der Waals surface area contributed by atoms with Gasteiger partial charge in [-0.3, -0.25) is 10.1 Å². The molecule has 0 saturated heterocycles. The van der Waals surface area contributed by atoms with Crippen LogP contribution in [0, 0.1) is 6.92 Å². The van der Waals surface area contributed by atoms with Gasteiger partial charge in [0.15, 0.2) is 5.16 Å². The Labute approximate surface area is 116 Å². The van der Waals surface area contributed by atoms with Crippen LogP contribution in [-0.4, -0.2) is 38.0 Å². The van der Waals surface area contributed by atoms with E-state index in [1.807, 2.05) is 27.8 Å². The molecule has 0 bridgehead atoms. The minimum Gasteiger partial charge on any atom is -0.336 e. The van der Waals surface area contributed by atoms with Crippen molar-refractivity contribution in [3.8, 4) is 0 Å². The Morgan fingerprint density at radius 1 is 1.26 bits per heavy atom. The highest BCUT2D eigenvalue weighted by molar-refractivity contribution is 8.00. The molecule has 1 heterocycles. The van der Waals surface area contributed by atoms with Gasteiger partial charge in [-0.15, -0.1) is 10.2 Å². The first-order valence-corrected chi connectivity index (χ1v) is 6.83. The van der Waals surface area contributed by atoms with E-state index in [0.717, 1.165) is 5.82 Å². The summed E-state index contributed by atoms with van der Waals surface area (Å²) in [5.74, 6) is 0.413. The van der Waals surface area contributed by atoms with E-state index in [4.69, 9.17) is 0 Å². The van der Waals surface area contributed by atoms with Gasteiger partial charge in [-0.05, 0) is 27.7 Å². The smallest absolute Gasteiger partial charge is 0.321 e. The maximum Gasteiger partial charge on any atom is 0.321 e. The summed E-state index contributed by atoms with van der Waals surface area (Å²) >= 11 is 1.26. The number of imide groups is 1. The number of carbonyl (C=O) groups excluding carboxylic acids is 2. The molecule has 7 nitrogen and oxygen atoms in total.